The van der Waals surface area contributed by atoms with Crippen LogP contribution in [0.3, 0.4) is 0 Å². The third-order valence-corrected chi connectivity index (χ3v) is 3.98. The van der Waals surface area contributed by atoms with Crippen LogP contribution in [0.1, 0.15) is 5.56 Å². The molecule has 27 heavy (non-hydrogen) atoms. The van der Waals surface area contributed by atoms with E-state index in [4.69, 9.17) is 14.2 Å². The molecular weight excluding hydrogens is 348 g/mol. The topological polar surface area (TPSA) is 78.0 Å². The van der Waals surface area contributed by atoms with Crippen LogP contribution in [0.25, 0.3) is 0 Å². The predicted octanol–water partition coefficient (Wildman–Crippen LogP) is 2.10. The molecule has 0 bridgehead atoms. The maximum atomic E-state index is 10.4. The molecule has 0 amide bonds. The molecule has 0 fully saturated rings. The lowest BCUT2D eigenvalue weighted by Crippen LogP contribution is -2.24. The molecule has 2 rings (SSSR count). The molecule has 7 nitrogen and oxygen atoms in total. The van der Waals surface area contributed by atoms with Gasteiger partial charge < -0.3 is 19.1 Å². The van der Waals surface area contributed by atoms with Crippen molar-refractivity contribution in [2.24, 2.45) is 5.92 Å². The summed E-state index contributed by atoms with van der Waals surface area (Å²) in [6.45, 7) is 2.45. The Hall–Kier alpha value is -3.09. The van der Waals surface area contributed by atoms with E-state index in [2.05, 4.69) is 4.98 Å². The van der Waals surface area contributed by atoms with Crippen LogP contribution in [0.2, 0.25) is 0 Å². The molecule has 2 aromatic rings. The van der Waals surface area contributed by atoms with E-state index in [-0.39, 0.29) is 19.1 Å². The first-order chi connectivity index (χ1) is 13.2. The van der Waals surface area contributed by atoms with Crippen molar-refractivity contribution in [1.82, 2.24) is 4.98 Å². The Kier molecular flexibility index (Phi) is 8.62. The number of anilines is 1. The zero-order chi connectivity index (χ0) is 19.3. The monoisotopic (exact) mass is 372 g/mol. The number of aromatic nitrogens is 1. The van der Waals surface area contributed by atoms with Crippen LogP contribution < -0.4 is 9.64 Å². The fourth-order valence-electron chi connectivity index (χ4n) is 2.57. The SMILES string of the molecule is CN(CCOc1ccc(CC(COC=O)COC=O)cc1)c1ccccn1. The lowest BCUT2D eigenvalue weighted by Gasteiger charge is -2.18. The molecule has 144 valence electrons. The van der Waals surface area contributed by atoms with Gasteiger partial charge in [-0.15, -0.1) is 0 Å². The van der Waals surface area contributed by atoms with Crippen LogP contribution in [0.5, 0.6) is 5.75 Å². The summed E-state index contributed by atoms with van der Waals surface area (Å²) in [4.78, 5) is 27.0. The van der Waals surface area contributed by atoms with Gasteiger partial charge in [-0.05, 0) is 36.2 Å². The van der Waals surface area contributed by atoms with Crippen LogP contribution in [0, 0.1) is 5.92 Å². The van der Waals surface area contributed by atoms with Gasteiger partial charge in [0.1, 0.15) is 18.2 Å². The summed E-state index contributed by atoms with van der Waals surface area (Å²) >= 11 is 0. The van der Waals surface area contributed by atoms with Gasteiger partial charge in [0.2, 0.25) is 0 Å². The zero-order valence-electron chi connectivity index (χ0n) is 15.3. The van der Waals surface area contributed by atoms with Crippen molar-refractivity contribution in [1.29, 1.82) is 0 Å². The Bertz CT molecular complexity index is 667. The average Bonchev–Trinajstić information content (AvgIpc) is 2.71. The highest BCUT2D eigenvalue weighted by Crippen LogP contribution is 2.16. The molecule has 0 aliphatic rings. The number of carbonyl (C=O) groups excluding carboxylic acids is 2. The minimum absolute atomic E-state index is 0.0841. The van der Waals surface area contributed by atoms with E-state index in [0.29, 0.717) is 32.5 Å². The normalized spacial score (nSPS) is 10.3. The Morgan fingerprint density at radius 1 is 1.04 bits per heavy atom. The lowest BCUT2D eigenvalue weighted by molar-refractivity contribution is -0.133. The fraction of sp³-hybridized carbons (Fsp3) is 0.350. The smallest absolute Gasteiger partial charge is 0.293 e. The summed E-state index contributed by atoms with van der Waals surface area (Å²) in [6.07, 6.45) is 2.39. The van der Waals surface area contributed by atoms with Crippen molar-refractivity contribution in [3.8, 4) is 5.75 Å². The fourth-order valence-corrected chi connectivity index (χ4v) is 2.57. The summed E-state index contributed by atoms with van der Waals surface area (Å²) in [6, 6.07) is 13.5. The maximum Gasteiger partial charge on any atom is 0.293 e. The standard InChI is InChI=1S/C20H24N2O5/c1-22(20-4-2-3-9-21-20)10-11-27-19-7-5-17(6-8-19)12-18(13-25-15-23)14-26-16-24/h2-9,15-16,18H,10-14H2,1H3. The second-order valence-electron chi connectivity index (χ2n) is 6.03. The van der Waals surface area contributed by atoms with Crippen molar-refractivity contribution in [3.63, 3.8) is 0 Å². The van der Waals surface area contributed by atoms with E-state index in [1.165, 1.54) is 0 Å². The first kappa shape index (κ1) is 20.2. The largest absolute Gasteiger partial charge is 0.492 e. The van der Waals surface area contributed by atoms with Gasteiger partial charge in [0.25, 0.3) is 12.9 Å². The lowest BCUT2D eigenvalue weighted by atomic mass is 10.0. The predicted molar refractivity (Wildman–Crippen MR) is 101 cm³/mol. The number of nitrogens with zero attached hydrogens (tertiary/aromatic N) is 2. The van der Waals surface area contributed by atoms with Crippen molar-refractivity contribution in [2.45, 2.75) is 6.42 Å². The molecule has 0 atom stereocenters. The molecule has 0 unspecified atom stereocenters. The van der Waals surface area contributed by atoms with Crippen LogP contribution in [-0.2, 0) is 25.5 Å². The highest BCUT2D eigenvalue weighted by atomic mass is 16.5. The molecule has 1 aromatic carbocycles. The molecule has 0 aliphatic heterocycles. The third kappa shape index (κ3) is 7.35. The average molecular weight is 372 g/mol. The molecule has 1 heterocycles. The van der Waals surface area contributed by atoms with Gasteiger partial charge in [0.15, 0.2) is 0 Å². The summed E-state index contributed by atoms with van der Waals surface area (Å²) in [5.41, 5.74) is 1.04. The second kappa shape index (κ2) is 11.5. The van der Waals surface area contributed by atoms with Crippen LogP contribution >= 0.6 is 0 Å². The quantitative estimate of drug-likeness (QED) is 0.498. The summed E-state index contributed by atoms with van der Waals surface area (Å²) < 4.78 is 15.4. The van der Waals surface area contributed by atoms with E-state index >= 15 is 0 Å². The Morgan fingerprint density at radius 3 is 2.33 bits per heavy atom. The van der Waals surface area contributed by atoms with Gasteiger partial charge >= 0.3 is 0 Å². The number of hydrogen-bond donors (Lipinski definition) is 0. The summed E-state index contributed by atoms with van der Waals surface area (Å²) in [5, 5.41) is 0. The van der Waals surface area contributed by atoms with E-state index in [1.54, 1.807) is 6.20 Å². The zero-order valence-corrected chi connectivity index (χ0v) is 15.3. The van der Waals surface area contributed by atoms with Crippen molar-refractivity contribution >= 4 is 18.8 Å². The van der Waals surface area contributed by atoms with Crippen LogP contribution in [0.15, 0.2) is 48.7 Å². The summed E-state index contributed by atoms with van der Waals surface area (Å²) in [5.74, 6) is 1.59. The molecular formula is C20H24N2O5. The molecule has 0 spiro atoms. The van der Waals surface area contributed by atoms with Crippen molar-refractivity contribution in [3.05, 3.63) is 54.2 Å². The van der Waals surface area contributed by atoms with Crippen molar-refractivity contribution in [2.75, 3.05) is 38.3 Å². The van der Waals surface area contributed by atoms with Gasteiger partial charge in [-0.25, -0.2) is 4.98 Å². The van der Waals surface area contributed by atoms with E-state index in [1.807, 2.05) is 54.4 Å². The van der Waals surface area contributed by atoms with Gasteiger partial charge in [-0.3, -0.25) is 9.59 Å². The first-order valence-corrected chi connectivity index (χ1v) is 8.67. The van der Waals surface area contributed by atoms with Crippen molar-refractivity contribution < 1.29 is 23.8 Å². The molecule has 1 aromatic heterocycles. The second-order valence-corrected chi connectivity index (χ2v) is 6.03. The highest BCUT2D eigenvalue weighted by Gasteiger charge is 2.12. The number of pyridine rings is 1. The Balaban J connectivity index is 1.79. The number of likely N-dealkylation sites (N-methyl/N-ethyl adjacent to an activating group) is 1. The van der Waals surface area contributed by atoms with Gasteiger partial charge in [0, 0.05) is 19.2 Å². The van der Waals surface area contributed by atoms with Gasteiger partial charge in [0.05, 0.1) is 19.8 Å². The molecule has 0 saturated heterocycles. The number of carbonyl (C=O) groups is 2. The Labute approximate surface area is 158 Å². The summed E-state index contributed by atoms with van der Waals surface area (Å²) in [7, 11) is 1.97. The number of rotatable bonds is 13. The Morgan fingerprint density at radius 2 is 1.74 bits per heavy atom. The maximum absolute atomic E-state index is 10.4. The van der Waals surface area contributed by atoms with Crippen LogP contribution in [-0.4, -0.2) is 51.3 Å². The minimum Gasteiger partial charge on any atom is -0.492 e. The molecule has 7 heteroatoms. The number of benzene rings is 1. The number of hydrogen-bond acceptors (Lipinski definition) is 7. The van der Waals surface area contributed by atoms with E-state index in [9.17, 15) is 9.59 Å². The van der Waals surface area contributed by atoms with Gasteiger partial charge in [-0.1, -0.05) is 18.2 Å². The molecule has 0 N–H and O–H groups in total. The minimum atomic E-state index is -0.0841. The third-order valence-electron chi connectivity index (χ3n) is 3.98. The molecule has 0 saturated carbocycles. The highest BCUT2D eigenvalue weighted by molar-refractivity contribution is 5.38. The number of ether oxygens (including phenoxy) is 3. The molecule has 0 radical (unpaired) electrons. The van der Waals surface area contributed by atoms with Crippen LogP contribution in [0.4, 0.5) is 5.82 Å². The molecule has 0 aliphatic carbocycles. The van der Waals surface area contributed by atoms with E-state index in [0.717, 1.165) is 17.1 Å². The van der Waals surface area contributed by atoms with Gasteiger partial charge in [-0.2, -0.15) is 0 Å². The van der Waals surface area contributed by atoms with E-state index < -0.39 is 0 Å². The first-order valence-electron chi connectivity index (χ1n) is 8.67.